The molecule has 1 nitrogen and oxygen atoms in total. The van der Waals surface area contributed by atoms with E-state index in [0.29, 0.717) is 13.0 Å². The van der Waals surface area contributed by atoms with Gasteiger partial charge in [0.15, 0.2) is 0 Å². The van der Waals surface area contributed by atoms with E-state index in [9.17, 15) is 13.2 Å². The molecule has 22 heavy (non-hydrogen) atoms. The predicted octanol–water partition coefficient (Wildman–Crippen LogP) is 4.61. The Hall–Kier alpha value is -1.81. The number of benzene rings is 2. The van der Waals surface area contributed by atoms with Crippen LogP contribution < -0.4 is 5.73 Å². The maximum atomic E-state index is 12.6. The van der Waals surface area contributed by atoms with Crippen LogP contribution in [0.15, 0.2) is 42.5 Å². The van der Waals surface area contributed by atoms with Crippen LogP contribution in [0.2, 0.25) is 0 Å². The summed E-state index contributed by atoms with van der Waals surface area (Å²) in [6, 6.07) is 11.5. The van der Waals surface area contributed by atoms with Gasteiger partial charge in [0.2, 0.25) is 0 Å². The van der Waals surface area contributed by atoms with E-state index in [1.165, 1.54) is 23.3 Å². The van der Waals surface area contributed by atoms with E-state index >= 15 is 0 Å². The van der Waals surface area contributed by atoms with Gasteiger partial charge in [-0.15, -0.1) is 0 Å². The van der Waals surface area contributed by atoms with Crippen molar-refractivity contribution in [2.24, 2.45) is 5.73 Å². The molecule has 2 aromatic carbocycles. The molecule has 0 saturated heterocycles. The fourth-order valence-corrected chi connectivity index (χ4v) is 2.47. The van der Waals surface area contributed by atoms with Gasteiger partial charge >= 0.3 is 6.18 Å². The lowest BCUT2D eigenvalue weighted by Crippen LogP contribution is -2.15. The molecule has 1 atom stereocenters. The summed E-state index contributed by atoms with van der Waals surface area (Å²) in [5, 5.41) is 0. The molecule has 0 saturated carbocycles. The third-order valence-corrected chi connectivity index (χ3v) is 4.05. The summed E-state index contributed by atoms with van der Waals surface area (Å²) in [7, 11) is 0. The van der Waals surface area contributed by atoms with Crippen LogP contribution in [0.4, 0.5) is 13.2 Å². The molecule has 0 fully saturated rings. The zero-order chi connectivity index (χ0) is 16.3. The van der Waals surface area contributed by atoms with Crippen molar-refractivity contribution in [3.63, 3.8) is 0 Å². The third-order valence-electron chi connectivity index (χ3n) is 4.05. The summed E-state index contributed by atoms with van der Waals surface area (Å²) >= 11 is 0. The zero-order valence-electron chi connectivity index (χ0n) is 12.7. The van der Waals surface area contributed by atoms with Crippen LogP contribution in [0.5, 0.6) is 0 Å². The van der Waals surface area contributed by atoms with Crippen LogP contribution in [0.1, 0.15) is 33.7 Å². The Labute approximate surface area is 129 Å². The minimum Gasteiger partial charge on any atom is -0.330 e. The third kappa shape index (κ3) is 3.89. The van der Waals surface area contributed by atoms with Crippen LogP contribution in [-0.4, -0.2) is 6.54 Å². The minimum absolute atomic E-state index is 0.107. The van der Waals surface area contributed by atoms with Gasteiger partial charge in [-0.25, -0.2) is 0 Å². The van der Waals surface area contributed by atoms with Crippen molar-refractivity contribution in [3.8, 4) is 0 Å². The number of hydrogen-bond acceptors (Lipinski definition) is 1. The molecule has 0 aromatic heterocycles. The fourth-order valence-electron chi connectivity index (χ4n) is 2.47. The standard InChI is InChI=1S/C18H20F3N/c1-12-3-6-15(9-13(12)2)16(11-22)10-14-4-7-17(8-5-14)18(19,20)21/h3-9,16H,10-11,22H2,1-2H3. The Balaban J connectivity index is 2.18. The predicted molar refractivity (Wildman–Crippen MR) is 82.9 cm³/mol. The van der Waals surface area contributed by atoms with Crippen LogP contribution in [0.3, 0.4) is 0 Å². The lowest BCUT2D eigenvalue weighted by Gasteiger charge is -2.17. The van der Waals surface area contributed by atoms with Gasteiger partial charge in [-0.1, -0.05) is 30.3 Å². The molecular formula is C18H20F3N. The molecule has 4 heteroatoms. The van der Waals surface area contributed by atoms with Gasteiger partial charge in [-0.2, -0.15) is 13.2 Å². The minimum atomic E-state index is -4.29. The monoisotopic (exact) mass is 307 g/mol. The Morgan fingerprint density at radius 3 is 2.09 bits per heavy atom. The number of hydrogen-bond donors (Lipinski definition) is 1. The highest BCUT2D eigenvalue weighted by atomic mass is 19.4. The van der Waals surface area contributed by atoms with E-state index in [-0.39, 0.29) is 5.92 Å². The Bertz CT molecular complexity index is 630. The molecule has 1 unspecified atom stereocenters. The van der Waals surface area contributed by atoms with Crippen molar-refractivity contribution in [1.82, 2.24) is 0 Å². The molecule has 0 heterocycles. The van der Waals surface area contributed by atoms with Gasteiger partial charge in [0, 0.05) is 5.92 Å². The van der Waals surface area contributed by atoms with E-state index in [1.807, 2.05) is 19.9 Å². The van der Waals surface area contributed by atoms with Crippen molar-refractivity contribution in [2.45, 2.75) is 32.4 Å². The summed E-state index contributed by atoms with van der Waals surface area (Å²) in [6.07, 6.45) is -3.66. The quantitative estimate of drug-likeness (QED) is 0.877. The molecule has 2 N–H and O–H groups in total. The van der Waals surface area contributed by atoms with E-state index in [0.717, 1.165) is 23.3 Å². The van der Waals surface area contributed by atoms with Crippen molar-refractivity contribution in [3.05, 3.63) is 70.3 Å². The molecule has 0 amide bonds. The summed E-state index contributed by atoms with van der Waals surface area (Å²) in [5.41, 5.74) is 9.65. The van der Waals surface area contributed by atoms with Crippen molar-refractivity contribution >= 4 is 0 Å². The smallest absolute Gasteiger partial charge is 0.330 e. The summed E-state index contributed by atoms with van der Waals surface area (Å²) < 4.78 is 37.7. The van der Waals surface area contributed by atoms with Gasteiger partial charge in [0.05, 0.1) is 5.56 Å². The van der Waals surface area contributed by atoms with Gasteiger partial charge in [0.25, 0.3) is 0 Å². The first kappa shape index (κ1) is 16.6. The molecule has 0 spiro atoms. The summed E-state index contributed by atoms with van der Waals surface area (Å²) in [6.45, 7) is 4.56. The summed E-state index contributed by atoms with van der Waals surface area (Å²) in [4.78, 5) is 0. The molecule has 0 bridgehead atoms. The average Bonchev–Trinajstić information content (AvgIpc) is 2.47. The number of alkyl halides is 3. The molecule has 0 aliphatic heterocycles. The SMILES string of the molecule is Cc1ccc(C(CN)Cc2ccc(C(F)(F)F)cc2)cc1C. The lowest BCUT2D eigenvalue weighted by molar-refractivity contribution is -0.137. The fraction of sp³-hybridized carbons (Fsp3) is 0.333. The second-order valence-corrected chi connectivity index (χ2v) is 5.68. The Morgan fingerprint density at radius 2 is 1.59 bits per heavy atom. The molecule has 0 radical (unpaired) electrons. The highest BCUT2D eigenvalue weighted by Gasteiger charge is 2.30. The molecule has 2 rings (SSSR count). The number of nitrogens with two attached hydrogens (primary N) is 1. The number of halogens is 3. The second kappa shape index (κ2) is 6.53. The topological polar surface area (TPSA) is 26.0 Å². The first-order valence-electron chi connectivity index (χ1n) is 7.24. The van der Waals surface area contributed by atoms with E-state index in [1.54, 1.807) is 0 Å². The van der Waals surface area contributed by atoms with Gasteiger partial charge in [-0.3, -0.25) is 0 Å². The number of aryl methyl sites for hydroxylation is 2. The lowest BCUT2D eigenvalue weighted by atomic mass is 9.90. The van der Waals surface area contributed by atoms with E-state index in [4.69, 9.17) is 5.73 Å². The number of rotatable bonds is 4. The largest absolute Gasteiger partial charge is 0.416 e. The van der Waals surface area contributed by atoms with Crippen molar-refractivity contribution in [2.75, 3.05) is 6.54 Å². The molecule has 2 aromatic rings. The Morgan fingerprint density at radius 1 is 0.955 bits per heavy atom. The van der Waals surface area contributed by atoms with Crippen LogP contribution in [0, 0.1) is 13.8 Å². The van der Waals surface area contributed by atoms with E-state index in [2.05, 4.69) is 12.1 Å². The van der Waals surface area contributed by atoms with Gasteiger partial charge < -0.3 is 5.73 Å². The highest BCUT2D eigenvalue weighted by molar-refractivity contribution is 5.34. The van der Waals surface area contributed by atoms with Crippen LogP contribution >= 0.6 is 0 Å². The molecule has 0 aliphatic carbocycles. The van der Waals surface area contributed by atoms with Crippen LogP contribution in [-0.2, 0) is 12.6 Å². The first-order chi connectivity index (χ1) is 10.3. The molecule has 0 aliphatic rings. The maximum Gasteiger partial charge on any atom is 0.416 e. The first-order valence-corrected chi connectivity index (χ1v) is 7.24. The van der Waals surface area contributed by atoms with Crippen molar-refractivity contribution in [1.29, 1.82) is 0 Å². The van der Waals surface area contributed by atoms with Crippen LogP contribution in [0.25, 0.3) is 0 Å². The van der Waals surface area contributed by atoms with Crippen molar-refractivity contribution < 1.29 is 13.2 Å². The van der Waals surface area contributed by atoms with Gasteiger partial charge in [0.1, 0.15) is 0 Å². The summed E-state index contributed by atoms with van der Waals surface area (Å²) in [5.74, 6) is 0.107. The van der Waals surface area contributed by atoms with Gasteiger partial charge in [-0.05, 0) is 61.2 Å². The average molecular weight is 307 g/mol. The van der Waals surface area contributed by atoms with E-state index < -0.39 is 11.7 Å². The Kier molecular flexibility index (Phi) is 4.91. The zero-order valence-corrected chi connectivity index (χ0v) is 12.7. The maximum absolute atomic E-state index is 12.6. The molecule has 118 valence electrons. The molecular weight excluding hydrogens is 287 g/mol. The second-order valence-electron chi connectivity index (χ2n) is 5.68. The normalized spacial score (nSPS) is 13.2. The highest BCUT2D eigenvalue weighted by Crippen LogP contribution is 2.30.